The summed E-state index contributed by atoms with van der Waals surface area (Å²) in [5.74, 6) is 5.47. The van der Waals surface area contributed by atoms with Gasteiger partial charge in [-0.1, -0.05) is 116 Å². The Hall–Kier alpha value is -5.32. The van der Waals surface area contributed by atoms with E-state index in [1.54, 1.807) is 0 Å². The number of rotatable bonds is 14. The highest BCUT2D eigenvalue weighted by Gasteiger charge is 2.34. The minimum atomic E-state index is -2.11. The second-order valence-corrected chi connectivity index (χ2v) is 20.6. The summed E-state index contributed by atoms with van der Waals surface area (Å²) in [5, 5.41) is 2.07. The lowest BCUT2D eigenvalue weighted by Crippen LogP contribution is -2.00. The first-order valence-electron chi connectivity index (χ1n) is 21.7. The zero-order valence-electron chi connectivity index (χ0n) is 36.9. The lowest BCUT2D eigenvalue weighted by atomic mass is 9.91. The van der Waals surface area contributed by atoms with Crippen LogP contribution < -0.4 is 31.7 Å². The molecule has 326 valence electrons. The van der Waals surface area contributed by atoms with Crippen LogP contribution in [0.3, 0.4) is 0 Å². The van der Waals surface area contributed by atoms with Crippen molar-refractivity contribution >= 4 is 47.4 Å². The molecule has 0 spiro atoms. The van der Waals surface area contributed by atoms with Crippen molar-refractivity contribution in [3.8, 4) is 51.4 Å². The molecule has 0 bridgehead atoms. The Kier molecular flexibility index (Phi) is 12.6. The van der Waals surface area contributed by atoms with Crippen LogP contribution in [-0.4, -0.2) is 0 Å². The van der Waals surface area contributed by atoms with Crippen LogP contribution in [0, 0.1) is 17.8 Å². The number of hydrogen-bond donors (Lipinski definition) is 0. The second kappa shape index (κ2) is 18.4. The summed E-state index contributed by atoms with van der Waals surface area (Å²) in [7, 11) is -5.77. The summed E-state index contributed by atoms with van der Waals surface area (Å²) < 4.78 is 59.2. The Morgan fingerprint density at radius 2 is 0.921 bits per heavy atom. The summed E-state index contributed by atoms with van der Waals surface area (Å²) in [5.41, 5.74) is 7.67. The summed E-state index contributed by atoms with van der Waals surface area (Å²) in [4.78, 5) is 0. The summed E-state index contributed by atoms with van der Waals surface area (Å²) >= 11 is 0. The third-order valence-corrected chi connectivity index (χ3v) is 13.7. The van der Waals surface area contributed by atoms with Crippen molar-refractivity contribution < 1.29 is 40.1 Å². The molecule has 0 amide bonds. The standard InChI is InChI=1S/C51H53O9P3/c1-31(2)24-35-27-37(25-32(3)4)50-40(28-35)41-30-36(34(7)8)29-38(26-33(5)6)51(41)60-63(59-50)58-48-23-15-22-47(57-62-55-45-20-13-14-21-46(45)56-62)49(48)39-16-9-10-17-42(39)52-61-53-43-18-11-12-19-44(43)54-61/h9-23,27-34H,24-26H2,1-8H3. The molecule has 3 heterocycles. The highest BCUT2D eigenvalue weighted by atomic mass is 31.2. The largest absolute Gasteiger partial charge is 0.530 e. The van der Waals surface area contributed by atoms with E-state index in [0.29, 0.717) is 75.0 Å². The van der Waals surface area contributed by atoms with Gasteiger partial charge in [-0.25, -0.2) is 0 Å². The fourth-order valence-corrected chi connectivity index (χ4v) is 11.2. The van der Waals surface area contributed by atoms with Crippen LogP contribution in [0.1, 0.15) is 83.6 Å². The zero-order valence-corrected chi connectivity index (χ0v) is 39.6. The maximum absolute atomic E-state index is 7.14. The van der Waals surface area contributed by atoms with E-state index in [4.69, 9.17) is 40.1 Å². The van der Waals surface area contributed by atoms with Gasteiger partial charge in [-0.05, 0) is 120 Å². The van der Waals surface area contributed by atoms with Gasteiger partial charge in [-0.3, -0.25) is 0 Å². The van der Waals surface area contributed by atoms with Crippen molar-refractivity contribution in [1.82, 2.24) is 0 Å². The predicted octanol–water partition coefficient (Wildman–Crippen LogP) is 16.7. The molecule has 0 aliphatic carbocycles. The molecule has 7 aromatic rings. The van der Waals surface area contributed by atoms with Crippen molar-refractivity contribution in [2.24, 2.45) is 17.8 Å². The van der Waals surface area contributed by atoms with Crippen molar-refractivity contribution in [3.05, 3.63) is 138 Å². The van der Waals surface area contributed by atoms with E-state index in [1.807, 2.05) is 91.0 Å². The van der Waals surface area contributed by atoms with E-state index in [0.717, 1.165) is 52.3 Å². The SMILES string of the molecule is CC(C)Cc1cc(CC(C)C)c2op(Oc3cccc(OP4Oc5ccccc5O4)c3-c3ccccc3OP3Oc4ccccc4O3)oc3c(CC(C)C)cc(C(C)C)cc3c2c1. The van der Waals surface area contributed by atoms with Gasteiger partial charge in [0.1, 0.15) is 28.4 Å². The Labute approximate surface area is 373 Å². The van der Waals surface area contributed by atoms with Gasteiger partial charge in [0.15, 0.2) is 23.0 Å². The third-order valence-electron chi connectivity index (χ3n) is 10.7. The molecule has 12 heteroatoms. The number of para-hydroxylation sites is 5. The van der Waals surface area contributed by atoms with Gasteiger partial charge in [-0.2, -0.15) is 0 Å². The molecule has 1 unspecified atom stereocenters. The summed E-state index contributed by atoms with van der Waals surface area (Å²) in [6, 6.07) is 37.7. The molecule has 6 aromatic carbocycles. The highest BCUT2D eigenvalue weighted by Crippen LogP contribution is 2.58. The van der Waals surface area contributed by atoms with Gasteiger partial charge in [-0.15, -0.1) is 0 Å². The van der Waals surface area contributed by atoms with Crippen LogP contribution in [0.15, 0.2) is 124 Å². The fourth-order valence-electron chi connectivity index (χ4n) is 7.95. The molecule has 63 heavy (non-hydrogen) atoms. The number of benzene rings is 6. The van der Waals surface area contributed by atoms with Crippen molar-refractivity contribution in [2.75, 3.05) is 0 Å². The van der Waals surface area contributed by atoms with E-state index < -0.39 is 25.4 Å². The molecule has 0 radical (unpaired) electrons. The molecule has 1 aromatic heterocycles. The molecule has 9 nitrogen and oxygen atoms in total. The summed E-state index contributed by atoms with van der Waals surface area (Å²) in [6.45, 7) is 18.0. The minimum Gasteiger partial charge on any atom is -0.408 e. The minimum absolute atomic E-state index is 0.311. The quantitative estimate of drug-likeness (QED) is 0.0990. The molecule has 0 saturated carbocycles. The maximum Gasteiger partial charge on any atom is 0.530 e. The first kappa shape index (κ1) is 43.0. The average Bonchev–Trinajstić information content (AvgIpc) is 3.80. The van der Waals surface area contributed by atoms with E-state index >= 15 is 0 Å². The molecule has 0 saturated heterocycles. The Bertz CT molecular complexity index is 2770. The van der Waals surface area contributed by atoms with Crippen molar-refractivity contribution in [3.63, 3.8) is 0 Å². The second-order valence-electron chi connectivity index (χ2n) is 17.6. The van der Waals surface area contributed by atoms with Crippen LogP contribution in [-0.2, 0) is 19.3 Å². The smallest absolute Gasteiger partial charge is 0.408 e. The molecule has 2 aliphatic heterocycles. The Morgan fingerprint density at radius 1 is 0.460 bits per heavy atom. The molecule has 0 N–H and O–H groups in total. The van der Waals surface area contributed by atoms with Gasteiger partial charge >= 0.3 is 25.4 Å². The highest BCUT2D eigenvalue weighted by molar-refractivity contribution is 7.43. The Morgan fingerprint density at radius 3 is 1.46 bits per heavy atom. The van der Waals surface area contributed by atoms with Gasteiger partial charge in [0, 0.05) is 16.3 Å². The lowest BCUT2D eigenvalue weighted by molar-refractivity contribution is 0.430. The van der Waals surface area contributed by atoms with Gasteiger partial charge < -0.3 is 40.1 Å². The van der Waals surface area contributed by atoms with E-state index in [-0.39, 0.29) is 0 Å². The van der Waals surface area contributed by atoms with Gasteiger partial charge in [0.2, 0.25) is 0 Å². The van der Waals surface area contributed by atoms with Crippen molar-refractivity contribution in [1.29, 1.82) is 0 Å². The monoisotopic (exact) mass is 902 g/mol. The van der Waals surface area contributed by atoms with Gasteiger partial charge in [0.05, 0.1) is 5.56 Å². The van der Waals surface area contributed by atoms with Crippen LogP contribution in [0.5, 0.6) is 40.2 Å². The molecule has 1 atom stereocenters. The van der Waals surface area contributed by atoms with E-state index in [2.05, 4.69) is 79.7 Å². The molecule has 9 rings (SSSR count). The van der Waals surface area contributed by atoms with Crippen LogP contribution in [0.25, 0.3) is 33.1 Å². The first-order valence-corrected chi connectivity index (χ1v) is 25.0. The molecule has 0 fully saturated rings. The number of fused-ring (bicyclic) bond motifs is 5. The van der Waals surface area contributed by atoms with Crippen LogP contribution in [0.4, 0.5) is 0 Å². The maximum atomic E-state index is 7.14. The molecule has 2 aliphatic rings. The average molecular weight is 903 g/mol. The first-order chi connectivity index (χ1) is 30.4. The third kappa shape index (κ3) is 9.48. The fraction of sp³-hybridized carbons (Fsp3) is 0.294. The van der Waals surface area contributed by atoms with Crippen LogP contribution >= 0.6 is 25.4 Å². The van der Waals surface area contributed by atoms with Crippen LogP contribution in [0.2, 0.25) is 0 Å². The normalized spacial score (nSPS) is 13.9. The lowest BCUT2D eigenvalue weighted by Gasteiger charge is -2.19. The Balaban J connectivity index is 1.24. The number of hydrogen-bond acceptors (Lipinski definition) is 9. The predicted molar refractivity (Wildman–Crippen MR) is 254 cm³/mol. The molecular formula is C51H53O9P3. The zero-order chi connectivity index (χ0) is 43.8. The van der Waals surface area contributed by atoms with Gasteiger partial charge in [0.25, 0.3) is 0 Å². The van der Waals surface area contributed by atoms with E-state index in [1.165, 1.54) is 11.1 Å². The topological polar surface area (TPSA) is 90.9 Å². The van der Waals surface area contributed by atoms with E-state index in [9.17, 15) is 0 Å². The molecular weight excluding hydrogens is 849 g/mol. The van der Waals surface area contributed by atoms with Crippen molar-refractivity contribution in [2.45, 2.75) is 80.6 Å². The summed E-state index contributed by atoms with van der Waals surface area (Å²) in [6.07, 6.45) is 2.61.